The third-order valence-electron chi connectivity index (χ3n) is 2.20. The normalized spacial score (nSPS) is 13.0. The van der Waals surface area contributed by atoms with Crippen molar-refractivity contribution in [3.05, 3.63) is 40.6 Å². The molecule has 0 spiro atoms. The number of aromatic nitrogens is 2. The lowest BCUT2D eigenvalue weighted by Crippen LogP contribution is -2.18. The summed E-state index contributed by atoms with van der Waals surface area (Å²) in [5, 5.41) is 0. The van der Waals surface area contributed by atoms with Crippen LogP contribution in [0.5, 0.6) is 0 Å². The third kappa shape index (κ3) is 1.71. The molecule has 0 aliphatic rings. The van der Waals surface area contributed by atoms with Crippen LogP contribution in [0, 0.1) is 6.92 Å². The molecule has 0 radical (unpaired) electrons. The zero-order chi connectivity index (χ0) is 9.97. The number of hydrogen-bond acceptors (Lipinski definition) is 3. The minimum Gasteiger partial charge on any atom is -0.328 e. The van der Waals surface area contributed by atoms with Crippen LogP contribution >= 0.6 is 11.3 Å². The first kappa shape index (κ1) is 9.43. The van der Waals surface area contributed by atoms with E-state index in [2.05, 4.69) is 24.0 Å². The molecule has 0 saturated carbocycles. The van der Waals surface area contributed by atoms with Crippen molar-refractivity contribution < 1.29 is 0 Å². The van der Waals surface area contributed by atoms with E-state index in [1.807, 2.05) is 17.1 Å². The Bertz CT molecular complexity index is 391. The molecule has 0 aliphatic heterocycles. The fourth-order valence-corrected chi connectivity index (χ4v) is 2.47. The summed E-state index contributed by atoms with van der Waals surface area (Å²) in [6.45, 7) is 2.71. The van der Waals surface area contributed by atoms with Crippen LogP contribution in [0.4, 0.5) is 0 Å². The van der Waals surface area contributed by atoms with E-state index in [9.17, 15) is 0 Å². The molecule has 0 aromatic carbocycles. The van der Waals surface area contributed by atoms with Gasteiger partial charge < -0.3 is 10.3 Å². The summed E-state index contributed by atoms with van der Waals surface area (Å²) >= 11 is 1.79. The van der Waals surface area contributed by atoms with Gasteiger partial charge in [0.1, 0.15) is 0 Å². The van der Waals surface area contributed by atoms with Crippen LogP contribution in [0.2, 0.25) is 0 Å². The summed E-state index contributed by atoms with van der Waals surface area (Å²) in [6.07, 6.45) is 5.54. The van der Waals surface area contributed by atoms with Gasteiger partial charge in [-0.15, -0.1) is 11.3 Å². The topological polar surface area (TPSA) is 43.8 Å². The van der Waals surface area contributed by atoms with Crippen LogP contribution in [0.25, 0.3) is 0 Å². The first-order chi connectivity index (χ1) is 6.81. The maximum Gasteiger partial charge on any atom is 0.0952 e. The van der Waals surface area contributed by atoms with Crippen molar-refractivity contribution in [3.63, 3.8) is 0 Å². The van der Waals surface area contributed by atoms with E-state index < -0.39 is 0 Å². The lowest BCUT2D eigenvalue weighted by molar-refractivity contribution is 0.604. The van der Waals surface area contributed by atoms with Crippen LogP contribution in [0.3, 0.4) is 0 Å². The average molecular weight is 207 g/mol. The monoisotopic (exact) mass is 207 g/mol. The highest BCUT2D eigenvalue weighted by molar-refractivity contribution is 7.12. The summed E-state index contributed by atoms with van der Waals surface area (Å²) in [4.78, 5) is 6.65. The minimum absolute atomic E-state index is 0.233. The van der Waals surface area contributed by atoms with Crippen molar-refractivity contribution in [3.8, 4) is 0 Å². The van der Waals surface area contributed by atoms with Gasteiger partial charge in [0.15, 0.2) is 0 Å². The second-order valence-electron chi connectivity index (χ2n) is 3.21. The zero-order valence-corrected chi connectivity index (χ0v) is 8.87. The second-order valence-corrected chi connectivity index (χ2v) is 4.53. The van der Waals surface area contributed by atoms with Gasteiger partial charge in [-0.2, -0.15) is 0 Å². The first-order valence-electron chi connectivity index (χ1n) is 4.55. The van der Waals surface area contributed by atoms with E-state index in [0.717, 1.165) is 0 Å². The van der Waals surface area contributed by atoms with Crippen molar-refractivity contribution in [1.82, 2.24) is 9.55 Å². The lowest BCUT2D eigenvalue weighted by atomic mass is 10.2. The molecule has 2 N–H and O–H groups in total. The molecule has 0 saturated heterocycles. The second kappa shape index (κ2) is 3.94. The van der Waals surface area contributed by atoms with Gasteiger partial charge in [-0.05, 0) is 19.1 Å². The Morgan fingerprint density at radius 3 is 2.93 bits per heavy atom. The number of rotatable bonds is 3. The van der Waals surface area contributed by atoms with Gasteiger partial charge in [0.2, 0.25) is 0 Å². The van der Waals surface area contributed by atoms with E-state index in [4.69, 9.17) is 5.73 Å². The van der Waals surface area contributed by atoms with E-state index in [1.54, 1.807) is 17.5 Å². The Labute approximate surface area is 87.2 Å². The van der Waals surface area contributed by atoms with Crippen molar-refractivity contribution in [2.75, 3.05) is 6.54 Å². The molecule has 2 heterocycles. The van der Waals surface area contributed by atoms with Crippen LogP contribution in [-0.4, -0.2) is 16.1 Å². The standard InChI is InChI=1S/C10H13N3S/c1-8-2-3-10(14-8)9(6-11)13-5-4-12-7-13/h2-5,7,9H,6,11H2,1H3. The van der Waals surface area contributed by atoms with Gasteiger partial charge in [-0.3, -0.25) is 0 Å². The predicted octanol–water partition coefficient (Wildman–Crippen LogP) is 1.80. The van der Waals surface area contributed by atoms with Crippen molar-refractivity contribution >= 4 is 11.3 Å². The molecule has 2 rings (SSSR count). The van der Waals surface area contributed by atoms with Gasteiger partial charge in [-0.25, -0.2) is 4.98 Å². The number of nitrogens with zero attached hydrogens (tertiary/aromatic N) is 2. The highest BCUT2D eigenvalue weighted by Crippen LogP contribution is 2.24. The highest BCUT2D eigenvalue weighted by Gasteiger charge is 2.12. The molecule has 0 fully saturated rings. The van der Waals surface area contributed by atoms with Crippen LogP contribution in [-0.2, 0) is 0 Å². The molecule has 1 unspecified atom stereocenters. The van der Waals surface area contributed by atoms with Gasteiger partial charge in [0.05, 0.1) is 12.4 Å². The molecular weight excluding hydrogens is 194 g/mol. The fraction of sp³-hybridized carbons (Fsp3) is 0.300. The summed E-state index contributed by atoms with van der Waals surface area (Å²) in [7, 11) is 0. The molecule has 2 aromatic heterocycles. The van der Waals surface area contributed by atoms with E-state index >= 15 is 0 Å². The molecule has 74 valence electrons. The highest BCUT2D eigenvalue weighted by atomic mass is 32.1. The Balaban J connectivity index is 2.31. The number of imidazole rings is 1. The predicted molar refractivity (Wildman–Crippen MR) is 58.5 cm³/mol. The van der Waals surface area contributed by atoms with Crippen LogP contribution in [0.15, 0.2) is 30.9 Å². The maximum atomic E-state index is 5.76. The van der Waals surface area contributed by atoms with Crippen molar-refractivity contribution in [1.29, 1.82) is 0 Å². The smallest absolute Gasteiger partial charge is 0.0952 e. The van der Waals surface area contributed by atoms with Gasteiger partial charge >= 0.3 is 0 Å². The molecule has 4 heteroatoms. The fourth-order valence-electron chi connectivity index (χ4n) is 1.47. The number of nitrogens with two attached hydrogens (primary N) is 1. The van der Waals surface area contributed by atoms with Crippen molar-refractivity contribution in [2.24, 2.45) is 5.73 Å². The SMILES string of the molecule is Cc1ccc(C(CN)n2ccnc2)s1. The Kier molecular flexibility index (Phi) is 2.65. The molecule has 0 aliphatic carbocycles. The van der Waals surface area contributed by atoms with E-state index in [1.165, 1.54) is 9.75 Å². The third-order valence-corrected chi connectivity index (χ3v) is 3.30. The van der Waals surface area contributed by atoms with Gasteiger partial charge in [-0.1, -0.05) is 0 Å². The summed E-state index contributed by atoms with van der Waals surface area (Å²) < 4.78 is 2.05. The minimum atomic E-state index is 0.233. The lowest BCUT2D eigenvalue weighted by Gasteiger charge is -2.13. The molecule has 1 atom stereocenters. The quantitative estimate of drug-likeness (QED) is 0.834. The van der Waals surface area contributed by atoms with Crippen LogP contribution < -0.4 is 5.73 Å². The Hall–Kier alpha value is -1.13. The van der Waals surface area contributed by atoms with E-state index in [0.29, 0.717) is 6.54 Å². The first-order valence-corrected chi connectivity index (χ1v) is 5.36. The van der Waals surface area contributed by atoms with E-state index in [-0.39, 0.29) is 6.04 Å². The van der Waals surface area contributed by atoms with Crippen molar-refractivity contribution in [2.45, 2.75) is 13.0 Å². The molecule has 0 bridgehead atoms. The number of thiophene rings is 1. The molecular formula is C10H13N3S. The molecule has 2 aromatic rings. The zero-order valence-electron chi connectivity index (χ0n) is 8.05. The Morgan fingerprint density at radius 1 is 1.57 bits per heavy atom. The van der Waals surface area contributed by atoms with Gasteiger partial charge in [0, 0.05) is 28.7 Å². The molecule has 14 heavy (non-hydrogen) atoms. The summed E-state index contributed by atoms with van der Waals surface area (Å²) in [6, 6.07) is 4.49. The summed E-state index contributed by atoms with van der Waals surface area (Å²) in [5.74, 6) is 0. The number of aryl methyl sites for hydroxylation is 1. The molecule has 3 nitrogen and oxygen atoms in total. The number of hydrogen-bond donors (Lipinski definition) is 1. The molecule has 0 amide bonds. The largest absolute Gasteiger partial charge is 0.328 e. The van der Waals surface area contributed by atoms with Crippen LogP contribution in [0.1, 0.15) is 15.8 Å². The average Bonchev–Trinajstić information content (AvgIpc) is 2.79. The summed E-state index contributed by atoms with van der Waals surface area (Å²) in [5.41, 5.74) is 5.76. The van der Waals surface area contributed by atoms with Gasteiger partial charge in [0.25, 0.3) is 0 Å². The maximum absolute atomic E-state index is 5.76. The Morgan fingerprint density at radius 2 is 2.43 bits per heavy atom.